The SMILES string of the molecule is Cn1ccnc(N2CCN(CCCOCC(F)(F)F)CC2)c1=O. The van der Waals surface area contributed by atoms with Crippen LogP contribution in [0.2, 0.25) is 0 Å². The maximum absolute atomic E-state index is 12.0. The van der Waals surface area contributed by atoms with Crippen LogP contribution in [0.15, 0.2) is 17.2 Å². The van der Waals surface area contributed by atoms with E-state index in [-0.39, 0.29) is 12.2 Å². The fourth-order valence-corrected chi connectivity index (χ4v) is 2.46. The van der Waals surface area contributed by atoms with Crippen LogP contribution in [0.4, 0.5) is 19.0 Å². The molecule has 0 atom stereocenters. The Morgan fingerprint density at radius 2 is 1.96 bits per heavy atom. The van der Waals surface area contributed by atoms with Crippen LogP contribution in [0.1, 0.15) is 6.42 Å². The van der Waals surface area contributed by atoms with Gasteiger partial charge in [-0.3, -0.25) is 9.69 Å². The molecule has 1 aliphatic heterocycles. The van der Waals surface area contributed by atoms with Gasteiger partial charge >= 0.3 is 6.18 Å². The average Bonchev–Trinajstić information content (AvgIpc) is 2.49. The van der Waals surface area contributed by atoms with Gasteiger partial charge in [0, 0.05) is 58.8 Å². The van der Waals surface area contributed by atoms with Gasteiger partial charge < -0.3 is 14.2 Å². The van der Waals surface area contributed by atoms with Gasteiger partial charge in [-0.05, 0) is 6.42 Å². The van der Waals surface area contributed by atoms with E-state index >= 15 is 0 Å². The first-order valence-electron chi connectivity index (χ1n) is 7.50. The number of rotatable bonds is 6. The molecule has 0 amide bonds. The number of halogens is 3. The zero-order valence-corrected chi connectivity index (χ0v) is 13.1. The maximum Gasteiger partial charge on any atom is 0.411 e. The fourth-order valence-electron chi connectivity index (χ4n) is 2.46. The standard InChI is InChI=1S/C14H21F3N4O2/c1-19-5-3-18-12(13(19)22)21-8-6-20(7-9-21)4-2-10-23-11-14(15,16)17/h3,5H,2,4,6-11H2,1H3. The van der Waals surface area contributed by atoms with Crippen molar-refractivity contribution in [2.45, 2.75) is 12.6 Å². The van der Waals surface area contributed by atoms with Gasteiger partial charge in [0.05, 0.1) is 0 Å². The monoisotopic (exact) mass is 334 g/mol. The Kier molecular flexibility index (Phi) is 6.00. The summed E-state index contributed by atoms with van der Waals surface area (Å²) in [5.41, 5.74) is -0.124. The van der Waals surface area contributed by atoms with E-state index in [1.165, 1.54) is 4.57 Å². The smallest absolute Gasteiger partial charge is 0.372 e. The summed E-state index contributed by atoms with van der Waals surface area (Å²) in [5, 5.41) is 0. The minimum absolute atomic E-state index is 0.0977. The quantitative estimate of drug-likeness (QED) is 0.723. The fraction of sp³-hybridized carbons (Fsp3) is 0.714. The van der Waals surface area contributed by atoms with Crippen LogP contribution in [0.3, 0.4) is 0 Å². The van der Waals surface area contributed by atoms with Crippen LogP contribution >= 0.6 is 0 Å². The summed E-state index contributed by atoms with van der Waals surface area (Å²) < 4.78 is 41.9. The summed E-state index contributed by atoms with van der Waals surface area (Å²) in [4.78, 5) is 20.3. The molecule has 0 radical (unpaired) electrons. The highest BCUT2D eigenvalue weighted by molar-refractivity contribution is 5.36. The molecule has 0 aromatic carbocycles. The lowest BCUT2D eigenvalue weighted by Gasteiger charge is -2.35. The molecule has 9 heteroatoms. The van der Waals surface area contributed by atoms with Crippen molar-refractivity contribution in [3.63, 3.8) is 0 Å². The Hall–Kier alpha value is -1.61. The Morgan fingerprint density at radius 3 is 2.61 bits per heavy atom. The molecule has 1 saturated heterocycles. The predicted octanol–water partition coefficient (Wildman–Crippen LogP) is 0.871. The van der Waals surface area contributed by atoms with Crippen molar-refractivity contribution < 1.29 is 17.9 Å². The summed E-state index contributed by atoms with van der Waals surface area (Å²) in [6.45, 7) is 2.44. The molecule has 2 heterocycles. The van der Waals surface area contributed by atoms with Crippen LogP contribution in [-0.2, 0) is 11.8 Å². The molecule has 2 rings (SSSR count). The first kappa shape index (κ1) is 17.7. The van der Waals surface area contributed by atoms with Gasteiger partial charge in [0.25, 0.3) is 5.56 Å². The molecule has 1 aromatic heterocycles. The zero-order chi connectivity index (χ0) is 16.9. The Balaban J connectivity index is 1.70. The van der Waals surface area contributed by atoms with Crippen molar-refractivity contribution in [1.82, 2.24) is 14.5 Å². The van der Waals surface area contributed by atoms with Crippen molar-refractivity contribution >= 4 is 5.82 Å². The third-order valence-corrected chi connectivity index (χ3v) is 3.70. The van der Waals surface area contributed by atoms with Gasteiger partial charge in [-0.15, -0.1) is 0 Å². The van der Waals surface area contributed by atoms with Crippen molar-refractivity contribution in [2.24, 2.45) is 7.05 Å². The number of aromatic nitrogens is 2. The molecule has 0 spiro atoms. The number of anilines is 1. The zero-order valence-electron chi connectivity index (χ0n) is 13.1. The summed E-state index contributed by atoms with van der Waals surface area (Å²) >= 11 is 0. The number of hydrogen-bond acceptors (Lipinski definition) is 5. The van der Waals surface area contributed by atoms with Crippen LogP contribution in [0, 0.1) is 0 Å². The second kappa shape index (κ2) is 7.78. The first-order chi connectivity index (χ1) is 10.9. The summed E-state index contributed by atoms with van der Waals surface area (Å²) in [7, 11) is 1.69. The third kappa shape index (κ3) is 5.51. The summed E-state index contributed by atoms with van der Waals surface area (Å²) in [6.07, 6.45) is -0.494. The second-order valence-corrected chi connectivity index (χ2v) is 5.52. The van der Waals surface area contributed by atoms with Crippen LogP contribution in [-0.4, -0.2) is 66.6 Å². The van der Waals surface area contributed by atoms with E-state index in [4.69, 9.17) is 0 Å². The number of aryl methyl sites for hydroxylation is 1. The normalized spacial score (nSPS) is 16.8. The number of piperazine rings is 1. The highest BCUT2D eigenvalue weighted by Crippen LogP contribution is 2.14. The molecule has 0 unspecified atom stereocenters. The van der Waals surface area contributed by atoms with E-state index in [2.05, 4.69) is 14.6 Å². The molecular weight excluding hydrogens is 313 g/mol. The first-order valence-corrected chi connectivity index (χ1v) is 7.50. The molecular formula is C14H21F3N4O2. The number of hydrogen-bond donors (Lipinski definition) is 0. The van der Waals surface area contributed by atoms with Gasteiger partial charge in [-0.1, -0.05) is 0 Å². The molecule has 0 bridgehead atoms. The second-order valence-electron chi connectivity index (χ2n) is 5.52. The van der Waals surface area contributed by atoms with Gasteiger partial charge in [0.1, 0.15) is 6.61 Å². The minimum atomic E-state index is -4.26. The van der Waals surface area contributed by atoms with Crippen LogP contribution < -0.4 is 10.5 Å². The van der Waals surface area contributed by atoms with Gasteiger partial charge in [-0.25, -0.2) is 4.98 Å². The van der Waals surface area contributed by atoms with E-state index in [0.29, 0.717) is 31.9 Å². The van der Waals surface area contributed by atoms with Gasteiger partial charge in [0.2, 0.25) is 0 Å². The molecule has 23 heavy (non-hydrogen) atoms. The molecule has 1 aliphatic rings. The van der Waals surface area contributed by atoms with E-state index in [1.54, 1.807) is 19.4 Å². The Morgan fingerprint density at radius 1 is 1.26 bits per heavy atom. The molecule has 6 nitrogen and oxygen atoms in total. The lowest BCUT2D eigenvalue weighted by Crippen LogP contribution is -2.48. The topological polar surface area (TPSA) is 50.6 Å². The van der Waals surface area contributed by atoms with Gasteiger partial charge in [-0.2, -0.15) is 13.2 Å². The molecule has 1 aromatic rings. The van der Waals surface area contributed by atoms with E-state index in [1.807, 2.05) is 4.90 Å². The number of nitrogens with zero attached hydrogens (tertiary/aromatic N) is 4. The van der Waals surface area contributed by atoms with Crippen LogP contribution in [0.5, 0.6) is 0 Å². The highest BCUT2D eigenvalue weighted by Gasteiger charge is 2.27. The predicted molar refractivity (Wildman–Crippen MR) is 79.6 cm³/mol. The van der Waals surface area contributed by atoms with Crippen molar-refractivity contribution in [3.05, 3.63) is 22.7 Å². The minimum Gasteiger partial charge on any atom is -0.372 e. The summed E-state index contributed by atoms with van der Waals surface area (Å²) in [6, 6.07) is 0. The van der Waals surface area contributed by atoms with E-state index < -0.39 is 12.8 Å². The lowest BCUT2D eigenvalue weighted by atomic mass is 10.3. The van der Waals surface area contributed by atoms with Gasteiger partial charge in [0.15, 0.2) is 5.82 Å². The largest absolute Gasteiger partial charge is 0.411 e. The average molecular weight is 334 g/mol. The lowest BCUT2D eigenvalue weighted by molar-refractivity contribution is -0.174. The van der Waals surface area contributed by atoms with E-state index in [9.17, 15) is 18.0 Å². The highest BCUT2D eigenvalue weighted by atomic mass is 19.4. The van der Waals surface area contributed by atoms with Crippen molar-refractivity contribution in [1.29, 1.82) is 0 Å². The number of ether oxygens (including phenoxy) is 1. The molecule has 1 fully saturated rings. The third-order valence-electron chi connectivity index (χ3n) is 3.70. The van der Waals surface area contributed by atoms with Crippen LogP contribution in [0.25, 0.3) is 0 Å². The van der Waals surface area contributed by atoms with E-state index in [0.717, 1.165) is 13.1 Å². The molecule has 0 aliphatic carbocycles. The van der Waals surface area contributed by atoms with Crippen molar-refractivity contribution in [2.75, 3.05) is 50.8 Å². The number of alkyl halides is 3. The van der Waals surface area contributed by atoms with Crippen molar-refractivity contribution in [3.8, 4) is 0 Å². The molecule has 130 valence electrons. The Bertz CT molecular complexity index is 554. The molecule has 0 saturated carbocycles. The maximum atomic E-state index is 12.0. The molecule has 0 N–H and O–H groups in total. The summed E-state index contributed by atoms with van der Waals surface area (Å²) in [5.74, 6) is 0.447. The Labute approximate surface area is 132 Å².